The number of benzene rings is 1. The molecule has 1 aromatic carbocycles. The summed E-state index contributed by atoms with van der Waals surface area (Å²) in [6.07, 6.45) is 4.30. The summed E-state index contributed by atoms with van der Waals surface area (Å²) in [6, 6.07) is 4.43. The zero-order valence-corrected chi connectivity index (χ0v) is 16.2. The predicted octanol–water partition coefficient (Wildman–Crippen LogP) is 4.82. The molecule has 0 saturated heterocycles. The Bertz CT molecular complexity index is 1040. The van der Waals surface area contributed by atoms with Gasteiger partial charge in [0.05, 0.1) is 17.5 Å². The smallest absolute Gasteiger partial charge is 0.313 e. The molecule has 1 aliphatic rings. The number of ether oxygens (including phenoxy) is 1. The van der Waals surface area contributed by atoms with Crippen LogP contribution in [0.25, 0.3) is 10.2 Å². The number of rotatable bonds is 4. The van der Waals surface area contributed by atoms with Gasteiger partial charge in [0.15, 0.2) is 0 Å². The van der Waals surface area contributed by atoms with E-state index in [0.717, 1.165) is 29.5 Å². The third-order valence-electron chi connectivity index (χ3n) is 4.57. The average Bonchev–Trinajstić information content (AvgIpc) is 3.03. The zero-order chi connectivity index (χ0) is 19.0. The molecule has 0 saturated carbocycles. The number of hydrogen-bond acceptors (Lipinski definition) is 6. The number of carbonyl (C=O) groups excluding carboxylic acids is 1. The molecule has 0 bridgehead atoms. The highest BCUT2D eigenvalue weighted by molar-refractivity contribution is 7.19. The Morgan fingerprint density at radius 1 is 1.33 bits per heavy atom. The van der Waals surface area contributed by atoms with E-state index in [1.165, 1.54) is 36.1 Å². The van der Waals surface area contributed by atoms with E-state index in [1.807, 2.05) is 0 Å². The molecule has 4 rings (SSSR count). The molecule has 3 aromatic rings. The Balaban J connectivity index is 1.82. The normalized spacial score (nSPS) is 13.4. The van der Waals surface area contributed by atoms with Crippen LogP contribution >= 0.6 is 22.9 Å². The minimum Gasteiger partial charge on any atom is -0.469 e. The van der Waals surface area contributed by atoms with Crippen molar-refractivity contribution in [2.45, 2.75) is 32.1 Å². The van der Waals surface area contributed by atoms with E-state index in [0.29, 0.717) is 17.3 Å². The van der Waals surface area contributed by atoms with Crippen molar-refractivity contribution in [1.82, 2.24) is 9.97 Å². The van der Waals surface area contributed by atoms with Gasteiger partial charge < -0.3 is 10.1 Å². The van der Waals surface area contributed by atoms with Crippen LogP contribution in [0.15, 0.2) is 18.2 Å². The Morgan fingerprint density at radius 2 is 2.15 bits per heavy atom. The molecule has 0 radical (unpaired) electrons. The lowest BCUT2D eigenvalue weighted by Crippen LogP contribution is -2.09. The van der Waals surface area contributed by atoms with Gasteiger partial charge in [-0.15, -0.1) is 11.3 Å². The van der Waals surface area contributed by atoms with Crippen LogP contribution in [0.2, 0.25) is 5.02 Å². The SMILES string of the molecule is COC(=O)Cc1nc(Nc2ccc(F)c(Cl)c2)c2c3c(sc2n1)CCCC3. The molecule has 0 spiro atoms. The Morgan fingerprint density at radius 3 is 2.93 bits per heavy atom. The fourth-order valence-electron chi connectivity index (χ4n) is 3.28. The van der Waals surface area contributed by atoms with Crippen molar-refractivity contribution in [3.63, 3.8) is 0 Å². The van der Waals surface area contributed by atoms with E-state index in [4.69, 9.17) is 16.3 Å². The van der Waals surface area contributed by atoms with Crippen molar-refractivity contribution in [3.05, 3.63) is 45.3 Å². The van der Waals surface area contributed by atoms with Crippen LogP contribution in [0.3, 0.4) is 0 Å². The maximum atomic E-state index is 13.5. The van der Waals surface area contributed by atoms with Gasteiger partial charge >= 0.3 is 5.97 Å². The Kier molecular flexibility index (Phi) is 4.97. The number of thiophene rings is 1. The largest absolute Gasteiger partial charge is 0.469 e. The monoisotopic (exact) mass is 405 g/mol. The molecule has 0 fully saturated rings. The van der Waals surface area contributed by atoms with Gasteiger partial charge in [0, 0.05) is 10.6 Å². The molecular weight excluding hydrogens is 389 g/mol. The number of aromatic nitrogens is 2. The molecule has 27 heavy (non-hydrogen) atoms. The van der Waals surface area contributed by atoms with Crippen molar-refractivity contribution < 1.29 is 13.9 Å². The molecule has 8 heteroatoms. The number of esters is 1. The van der Waals surface area contributed by atoms with Gasteiger partial charge in [0.2, 0.25) is 0 Å². The molecule has 0 unspecified atom stereocenters. The summed E-state index contributed by atoms with van der Waals surface area (Å²) in [5.74, 6) is 0.130. The maximum absolute atomic E-state index is 13.5. The molecule has 0 amide bonds. The Labute approximate surface area is 164 Å². The minimum atomic E-state index is -0.477. The topological polar surface area (TPSA) is 64.1 Å². The third-order valence-corrected chi connectivity index (χ3v) is 6.05. The lowest BCUT2D eigenvalue weighted by molar-refractivity contribution is -0.139. The number of anilines is 2. The number of halogens is 2. The minimum absolute atomic E-state index is 0.00609. The number of methoxy groups -OCH3 is 1. The fourth-order valence-corrected chi connectivity index (χ4v) is 4.74. The van der Waals surface area contributed by atoms with Gasteiger partial charge in [0.1, 0.15) is 28.7 Å². The van der Waals surface area contributed by atoms with Gasteiger partial charge in [-0.3, -0.25) is 4.79 Å². The first-order valence-electron chi connectivity index (χ1n) is 8.65. The summed E-state index contributed by atoms with van der Waals surface area (Å²) < 4.78 is 18.2. The van der Waals surface area contributed by atoms with Gasteiger partial charge in [-0.1, -0.05) is 11.6 Å². The number of fused-ring (bicyclic) bond motifs is 3. The highest BCUT2D eigenvalue weighted by Gasteiger charge is 2.22. The first-order valence-corrected chi connectivity index (χ1v) is 9.84. The summed E-state index contributed by atoms with van der Waals surface area (Å²) >= 11 is 7.55. The van der Waals surface area contributed by atoms with Gasteiger partial charge in [-0.2, -0.15) is 0 Å². The molecule has 0 atom stereocenters. The predicted molar refractivity (Wildman–Crippen MR) is 104 cm³/mol. The van der Waals surface area contributed by atoms with E-state index >= 15 is 0 Å². The highest BCUT2D eigenvalue weighted by atomic mass is 35.5. The first kappa shape index (κ1) is 18.1. The molecule has 2 heterocycles. The van der Waals surface area contributed by atoms with Gasteiger partial charge in [-0.25, -0.2) is 14.4 Å². The number of nitrogens with zero attached hydrogens (tertiary/aromatic N) is 2. The van der Waals surface area contributed by atoms with Gasteiger partial charge in [0.25, 0.3) is 0 Å². The van der Waals surface area contributed by atoms with Gasteiger partial charge in [-0.05, 0) is 49.4 Å². The fraction of sp³-hybridized carbons (Fsp3) is 0.316. The third kappa shape index (κ3) is 3.61. The molecule has 2 aromatic heterocycles. The van der Waals surface area contributed by atoms with Crippen molar-refractivity contribution in [2.24, 2.45) is 0 Å². The highest BCUT2D eigenvalue weighted by Crippen LogP contribution is 2.39. The first-order chi connectivity index (χ1) is 13.0. The van der Waals surface area contributed by atoms with Crippen LogP contribution in [0.4, 0.5) is 15.9 Å². The Hall–Kier alpha value is -2.25. The van der Waals surface area contributed by atoms with E-state index in [2.05, 4.69) is 15.3 Å². The van der Waals surface area contributed by atoms with Crippen molar-refractivity contribution in [2.75, 3.05) is 12.4 Å². The van der Waals surface area contributed by atoms with E-state index in [9.17, 15) is 9.18 Å². The zero-order valence-electron chi connectivity index (χ0n) is 14.6. The van der Waals surface area contributed by atoms with E-state index in [1.54, 1.807) is 17.4 Å². The molecule has 0 aliphatic heterocycles. The molecule has 1 N–H and O–H groups in total. The molecule has 140 valence electrons. The summed E-state index contributed by atoms with van der Waals surface area (Å²) in [7, 11) is 1.34. The molecular formula is C19H17ClFN3O2S. The van der Waals surface area contributed by atoms with E-state index in [-0.39, 0.29) is 11.4 Å². The van der Waals surface area contributed by atoms with Crippen molar-refractivity contribution in [1.29, 1.82) is 0 Å². The quantitative estimate of drug-likeness (QED) is 0.630. The standard InChI is InChI=1S/C19H17ClFN3O2S/c1-26-16(25)9-15-23-18(22-10-6-7-13(21)12(20)8-10)17-11-4-2-3-5-14(11)27-19(17)24-15/h6-8H,2-5,9H2,1H3,(H,22,23,24). The second-order valence-corrected chi connectivity index (χ2v) is 7.88. The van der Waals surface area contributed by atoms with Crippen LogP contribution in [-0.4, -0.2) is 23.0 Å². The summed E-state index contributed by atoms with van der Waals surface area (Å²) in [5.41, 5.74) is 1.89. The van der Waals surface area contributed by atoms with Crippen LogP contribution < -0.4 is 5.32 Å². The molecule has 1 aliphatic carbocycles. The number of carbonyl (C=O) groups is 1. The summed E-state index contributed by atoms with van der Waals surface area (Å²) in [4.78, 5) is 23.0. The lowest BCUT2D eigenvalue weighted by Gasteiger charge is -2.13. The number of nitrogens with one attached hydrogen (secondary N) is 1. The van der Waals surface area contributed by atoms with Crippen molar-refractivity contribution >= 4 is 50.6 Å². The van der Waals surface area contributed by atoms with Crippen LogP contribution in [0, 0.1) is 5.82 Å². The average molecular weight is 406 g/mol. The number of aryl methyl sites for hydroxylation is 2. The summed E-state index contributed by atoms with van der Waals surface area (Å²) in [6.45, 7) is 0. The van der Waals surface area contributed by atoms with E-state index < -0.39 is 11.8 Å². The van der Waals surface area contributed by atoms with Crippen LogP contribution in [-0.2, 0) is 28.8 Å². The second-order valence-electron chi connectivity index (χ2n) is 6.39. The lowest BCUT2D eigenvalue weighted by atomic mass is 9.97. The molecule has 5 nitrogen and oxygen atoms in total. The van der Waals surface area contributed by atoms with Crippen LogP contribution in [0.1, 0.15) is 29.1 Å². The maximum Gasteiger partial charge on any atom is 0.313 e. The van der Waals surface area contributed by atoms with Crippen LogP contribution in [0.5, 0.6) is 0 Å². The summed E-state index contributed by atoms with van der Waals surface area (Å²) in [5, 5.41) is 4.25. The number of hydrogen-bond donors (Lipinski definition) is 1. The van der Waals surface area contributed by atoms with Crippen molar-refractivity contribution in [3.8, 4) is 0 Å². The second kappa shape index (κ2) is 7.40.